The standard InChI is InChI=1S/C25H28O3/c1-3-5-7-9-19-27-23-15-11-21(12-16-23)25(26)22-13-17-24(18-14-22)28-20-10-8-6-4-2/h3-13,15-17H,14,18-20H2,1-2H3/b5-3+,6-4+,9-7+,10-8+. The Bertz CT molecular complexity index is 803. The zero-order chi connectivity index (χ0) is 20.0. The molecule has 1 aliphatic rings. The largest absolute Gasteiger partial charge is 0.494 e. The Kier molecular flexibility index (Phi) is 9.36. The number of hydrogen-bond acceptors (Lipinski definition) is 3. The summed E-state index contributed by atoms with van der Waals surface area (Å²) in [7, 11) is 0. The number of ether oxygens (including phenoxy) is 2. The monoisotopic (exact) mass is 376 g/mol. The van der Waals surface area contributed by atoms with Crippen LogP contribution < -0.4 is 4.74 Å². The summed E-state index contributed by atoms with van der Waals surface area (Å²) in [5, 5.41) is 0. The Hall–Kier alpha value is -3.07. The van der Waals surface area contributed by atoms with Gasteiger partial charge in [0, 0.05) is 17.6 Å². The predicted molar refractivity (Wildman–Crippen MR) is 116 cm³/mol. The zero-order valence-electron chi connectivity index (χ0n) is 16.6. The van der Waals surface area contributed by atoms with Crippen molar-refractivity contribution >= 4 is 5.78 Å². The molecule has 0 aromatic heterocycles. The Labute approximate surface area is 168 Å². The molecule has 0 N–H and O–H groups in total. The highest BCUT2D eigenvalue weighted by atomic mass is 16.5. The smallest absolute Gasteiger partial charge is 0.189 e. The average Bonchev–Trinajstić information content (AvgIpc) is 2.74. The van der Waals surface area contributed by atoms with Gasteiger partial charge in [-0.3, -0.25) is 4.79 Å². The first-order valence-corrected chi connectivity index (χ1v) is 9.60. The molecule has 0 heterocycles. The lowest BCUT2D eigenvalue weighted by molar-refractivity contribution is 0.102. The third-order valence-corrected chi connectivity index (χ3v) is 4.11. The quantitative estimate of drug-likeness (QED) is 0.364. The molecule has 0 aliphatic heterocycles. The number of hydrogen-bond donors (Lipinski definition) is 0. The van der Waals surface area contributed by atoms with Crippen LogP contribution in [0.2, 0.25) is 0 Å². The summed E-state index contributed by atoms with van der Waals surface area (Å²) >= 11 is 0. The van der Waals surface area contributed by atoms with E-state index in [1.165, 1.54) is 0 Å². The normalized spacial score (nSPS) is 14.8. The predicted octanol–water partition coefficient (Wildman–Crippen LogP) is 6.13. The van der Waals surface area contributed by atoms with Crippen LogP contribution in [-0.2, 0) is 4.74 Å². The molecule has 146 valence electrons. The molecular weight excluding hydrogens is 348 g/mol. The van der Waals surface area contributed by atoms with Crippen molar-refractivity contribution in [2.45, 2.75) is 26.7 Å². The van der Waals surface area contributed by atoms with E-state index in [0.717, 1.165) is 23.5 Å². The van der Waals surface area contributed by atoms with Crippen LogP contribution in [0.15, 0.2) is 96.4 Å². The number of Topliss-reactive ketones (excluding diaryl/α,β-unsaturated/α-hetero) is 1. The molecule has 1 aromatic rings. The summed E-state index contributed by atoms with van der Waals surface area (Å²) in [5.74, 6) is 1.72. The Balaban J connectivity index is 1.87. The second-order valence-corrected chi connectivity index (χ2v) is 6.21. The van der Waals surface area contributed by atoms with Gasteiger partial charge in [-0.25, -0.2) is 0 Å². The topological polar surface area (TPSA) is 35.5 Å². The van der Waals surface area contributed by atoms with Crippen LogP contribution in [0.1, 0.15) is 37.0 Å². The van der Waals surface area contributed by atoms with Gasteiger partial charge in [0.2, 0.25) is 0 Å². The minimum Gasteiger partial charge on any atom is -0.494 e. The lowest BCUT2D eigenvalue weighted by Crippen LogP contribution is -2.07. The third-order valence-electron chi connectivity index (χ3n) is 4.11. The molecule has 0 atom stereocenters. The highest BCUT2D eigenvalue weighted by Gasteiger charge is 2.15. The minimum absolute atomic E-state index is 0.0582. The van der Waals surface area contributed by atoms with Crippen molar-refractivity contribution in [1.29, 1.82) is 0 Å². The highest BCUT2D eigenvalue weighted by molar-refractivity contribution is 6.09. The molecule has 0 unspecified atom stereocenters. The first-order valence-electron chi connectivity index (χ1n) is 9.60. The fraction of sp³-hybridized carbons (Fsp3) is 0.240. The fourth-order valence-electron chi connectivity index (χ4n) is 2.61. The second kappa shape index (κ2) is 12.3. The number of benzene rings is 1. The maximum atomic E-state index is 12.7. The maximum absolute atomic E-state index is 12.7. The van der Waals surface area contributed by atoms with E-state index in [0.29, 0.717) is 25.2 Å². The molecule has 28 heavy (non-hydrogen) atoms. The van der Waals surface area contributed by atoms with E-state index in [-0.39, 0.29) is 5.78 Å². The van der Waals surface area contributed by atoms with Gasteiger partial charge >= 0.3 is 0 Å². The lowest BCUT2D eigenvalue weighted by Gasteiger charge is -2.14. The molecule has 0 bridgehead atoms. The van der Waals surface area contributed by atoms with Crippen molar-refractivity contribution < 1.29 is 14.3 Å². The van der Waals surface area contributed by atoms with Gasteiger partial charge in [0.25, 0.3) is 0 Å². The van der Waals surface area contributed by atoms with Gasteiger partial charge in [-0.1, -0.05) is 42.5 Å². The molecule has 0 spiro atoms. The zero-order valence-corrected chi connectivity index (χ0v) is 16.6. The number of rotatable bonds is 10. The molecule has 3 nitrogen and oxygen atoms in total. The van der Waals surface area contributed by atoms with E-state index >= 15 is 0 Å². The maximum Gasteiger partial charge on any atom is 0.189 e. The number of allylic oxidation sites excluding steroid dienone is 10. The third kappa shape index (κ3) is 7.28. The van der Waals surface area contributed by atoms with Crippen molar-refractivity contribution in [2.24, 2.45) is 0 Å². The highest BCUT2D eigenvalue weighted by Crippen LogP contribution is 2.23. The van der Waals surface area contributed by atoms with Crippen LogP contribution in [0.3, 0.4) is 0 Å². The van der Waals surface area contributed by atoms with Gasteiger partial charge in [-0.2, -0.15) is 0 Å². The van der Waals surface area contributed by atoms with Crippen LogP contribution in [0.25, 0.3) is 0 Å². The number of ketones is 1. The van der Waals surface area contributed by atoms with Gasteiger partial charge in [0.1, 0.15) is 19.0 Å². The SMILES string of the molecule is C/C=C/C=C/COC1=CC=C(C(=O)c2ccc(OC/C=C/C=C/C)cc2)CC1. The molecule has 1 aromatic carbocycles. The first kappa shape index (κ1) is 21.2. The van der Waals surface area contributed by atoms with Gasteiger partial charge < -0.3 is 9.47 Å². The van der Waals surface area contributed by atoms with E-state index in [1.54, 1.807) is 0 Å². The van der Waals surface area contributed by atoms with Gasteiger partial charge in [-0.15, -0.1) is 0 Å². The lowest BCUT2D eigenvalue weighted by atomic mass is 9.95. The summed E-state index contributed by atoms with van der Waals surface area (Å²) in [6, 6.07) is 7.30. The Morgan fingerprint density at radius 3 is 2.07 bits per heavy atom. The van der Waals surface area contributed by atoms with E-state index < -0.39 is 0 Å². The first-order chi connectivity index (χ1) is 13.7. The van der Waals surface area contributed by atoms with E-state index in [4.69, 9.17) is 9.47 Å². The van der Waals surface area contributed by atoms with Crippen LogP contribution >= 0.6 is 0 Å². The van der Waals surface area contributed by atoms with Gasteiger partial charge in [0.05, 0.1) is 5.76 Å². The number of carbonyl (C=O) groups excluding carboxylic acids is 1. The van der Waals surface area contributed by atoms with Crippen molar-refractivity contribution in [3.63, 3.8) is 0 Å². The van der Waals surface area contributed by atoms with Crippen molar-refractivity contribution in [2.75, 3.05) is 13.2 Å². The molecule has 1 aliphatic carbocycles. The average molecular weight is 376 g/mol. The molecular formula is C25H28O3. The van der Waals surface area contributed by atoms with Gasteiger partial charge in [-0.05, 0) is 62.8 Å². The van der Waals surface area contributed by atoms with E-state index in [1.807, 2.05) is 98.9 Å². The minimum atomic E-state index is 0.0582. The van der Waals surface area contributed by atoms with Crippen LogP contribution in [0.4, 0.5) is 0 Å². The van der Waals surface area contributed by atoms with Crippen LogP contribution in [-0.4, -0.2) is 19.0 Å². The summed E-state index contributed by atoms with van der Waals surface area (Å²) in [6.45, 7) is 4.98. The Morgan fingerprint density at radius 2 is 1.50 bits per heavy atom. The van der Waals surface area contributed by atoms with Gasteiger partial charge in [0.15, 0.2) is 5.78 Å². The summed E-state index contributed by atoms with van der Waals surface area (Å²) in [5.41, 5.74) is 1.48. The second-order valence-electron chi connectivity index (χ2n) is 6.21. The molecule has 2 rings (SSSR count). The summed E-state index contributed by atoms with van der Waals surface area (Å²) in [6.07, 6.45) is 20.9. The molecule has 3 heteroatoms. The van der Waals surface area contributed by atoms with Crippen molar-refractivity contribution in [1.82, 2.24) is 0 Å². The molecule has 0 saturated carbocycles. The van der Waals surface area contributed by atoms with Crippen molar-refractivity contribution in [3.05, 3.63) is 102 Å². The molecule has 0 saturated heterocycles. The summed E-state index contributed by atoms with van der Waals surface area (Å²) in [4.78, 5) is 12.7. The molecule has 0 amide bonds. The van der Waals surface area contributed by atoms with Crippen molar-refractivity contribution in [3.8, 4) is 5.75 Å². The summed E-state index contributed by atoms with van der Waals surface area (Å²) < 4.78 is 11.3. The number of carbonyl (C=O) groups is 1. The van der Waals surface area contributed by atoms with E-state index in [9.17, 15) is 4.79 Å². The molecule has 0 radical (unpaired) electrons. The Morgan fingerprint density at radius 1 is 0.857 bits per heavy atom. The van der Waals surface area contributed by atoms with Crippen LogP contribution in [0.5, 0.6) is 5.75 Å². The van der Waals surface area contributed by atoms with Crippen LogP contribution in [0, 0.1) is 0 Å². The fourth-order valence-corrected chi connectivity index (χ4v) is 2.61. The molecule has 0 fully saturated rings. The van der Waals surface area contributed by atoms with E-state index in [2.05, 4.69) is 0 Å².